The van der Waals surface area contributed by atoms with E-state index in [0.29, 0.717) is 5.89 Å². The van der Waals surface area contributed by atoms with Crippen LogP contribution in [0.5, 0.6) is 0 Å². The van der Waals surface area contributed by atoms with E-state index in [1.165, 1.54) is 4.70 Å². The summed E-state index contributed by atoms with van der Waals surface area (Å²) in [6.07, 6.45) is 10.9. The smallest absolute Gasteiger partial charge is 0.223 e. The van der Waals surface area contributed by atoms with Crippen molar-refractivity contribution in [1.29, 1.82) is 0 Å². The van der Waals surface area contributed by atoms with Crippen LogP contribution in [0.2, 0.25) is 0 Å². The van der Waals surface area contributed by atoms with Crippen molar-refractivity contribution in [1.82, 2.24) is 29.9 Å². The van der Waals surface area contributed by atoms with Crippen LogP contribution >= 0.6 is 22.7 Å². The van der Waals surface area contributed by atoms with Crippen LogP contribution in [0, 0.1) is 0 Å². The quantitative estimate of drug-likeness (QED) is 0.151. The van der Waals surface area contributed by atoms with Gasteiger partial charge in [0.05, 0.1) is 12.1 Å². The number of rotatable bonds is 7. The molecule has 0 saturated heterocycles. The van der Waals surface area contributed by atoms with Crippen LogP contribution in [0.3, 0.4) is 0 Å². The molecule has 53 heavy (non-hydrogen) atoms. The van der Waals surface area contributed by atoms with E-state index in [1.807, 2.05) is 54.4 Å². The molecule has 10 aromatic rings. The molecule has 11 rings (SSSR count). The van der Waals surface area contributed by atoms with E-state index in [2.05, 4.69) is 93.8 Å². The first-order chi connectivity index (χ1) is 26.3. The number of benzene rings is 3. The molecule has 3 aromatic carbocycles. The lowest BCUT2D eigenvalue weighted by Crippen LogP contribution is -2.41. The molecule has 0 fully saturated rings. The largest absolute Gasteiger partial charge is 0.460 e. The molecule has 2 atom stereocenters. The van der Waals surface area contributed by atoms with Crippen LogP contribution in [-0.2, 0) is 5.41 Å². The number of furan rings is 1. The monoisotopic (exact) mass is 724 g/mol. The van der Waals surface area contributed by atoms with Gasteiger partial charge in [0.25, 0.3) is 0 Å². The molecule has 1 aliphatic rings. The van der Waals surface area contributed by atoms with Crippen molar-refractivity contribution < 1.29 is 8.83 Å². The molecule has 3 N–H and O–H groups in total. The van der Waals surface area contributed by atoms with E-state index in [9.17, 15) is 0 Å². The molecule has 7 aromatic heterocycles. The molecule has 0 amide bonds. The fourth-order valence-electron chi connectivity index (χ4n) is 8.21. The third-order valence-electron chi connectivity index (χ3n) is 10.3. The average molecular weight is 725 g/mol. The second-order valence-corrected chi connectivity index (χ2v) is 15.1. The topological polar surface area (TPSA) is 112 Å². The average Bonchev–Trinajstić information content (AvgIpc) is 4.05. The van der Waals surface area contributed by atoms with Gasteiger partial charge >= 0.3 is 0 Å². The molecule has 0 aliphatic heterocycles. The Morgan fingerprint density at radius 2 is 1.57 bits per heavy atom. The van der Waals surface area contributed by atoms with Crippen molar-refractivity contribution in [3.05, 3.63) is 185 Å². The van der Waals surface area contributed by atoms with Crippen molar-refractivity contribution in [2.24, 2.45) is 0 Å². The van der Waals surface area contributed by atoms with Gasteiger partial charge in [0.2, 0.25) is 5.89 Å². The zero-order valence-electron chi connectivity index (χ0n) is 27.9. The highest BCUT2D eigenvalue weighted by Gasteiger charge is 2.59. The summed E-state index contributed by atoms with van der Waals surface area (Å²) in [5.41, 5.74) is 6.38. The number of hydrogen-bond donors (Lipinski definition) is 3. The SMILES string of the molecule is c1c[nH]c(C2=C(c3ncco3)C(c3cc4ccccc4o3)C(c3ncc[nH]3)(c3cc4ccccc4s3)C(c3nccs3)=C2c2cc3ccccc3[nH]2)c1. The summed E-state index contributed by atoms with van der Waals surface area (Å²) in [5.74, 6) is 1.45. The maximum absolute atomic E-state index is 7.01. The second kappa shape index (κ2) is 11.8. The summed E-state index contributed by atoms with van der Waals surface area (Å²) in [6.45, 7) is 0. The Hall–Kier alpha value is -6.49. The fraction of sp³-hybridized carbons (Fsp3) is 0.0465. The lowest BCUT2D eigenvalue weighted by molar-refractivity contribution is 0.452. The van der Waals surface area contributed by atoms with Crippen LogP contribution in [0.25, 0.3) is 54.3 Å². The van der Waals surface area contributed by atoms with Gasteiger partial charge in [0.1, 0.15) is 33.9 Å². The standard InChI is InChI=1S/C43H28N6O2S2/c1-4-11-28-25(8-1)22-30(49-28)36-35(29-12-7-15-44-29)37(40-45-18-20-50-40)38(32-23-26-9-2-5-13-31(26)51-32)43(42-47-16-17-48-42,39(36)41-46-19-21-52-41)34-24-27-10-3-6-14-33(27)53-34/h1-24,38,44,49H,(H,47,48). The Morgan fingerprint density at radius 3 is 2.32 bits per heavy atom. The second-order valence-electron chi connectivity index (χ2n) is 13.1. The summed E-state index contributed by atoms with van der Waals surface area (Å²) in [6, 6.07) is 35.9. The number of oxazole rings is 1. The van der Waals surface area contributed by atoms with Gasteiger partial charge in [-0.05, 0) is 53.9 Å². The number of thiophene rings is 1. The van der Waals surface area contributed by atoms with Gasteiger partial charge in [-0.25, -0.2) is 15.0 Å². The number of aromatic nitrogens is 6. The fourth-order valence-corrected chi connectivity index (χ4v) is 10.3. The minimum atomic E-state index is -1.04. The molecule has 0 spiro atoms. The van der Waals surface area contributed by atoms with Crippen molar-refractivity contribution in [2.45, 2.75) is 11.3 Å². The third-order valence-corrected chi connectivity index (χ3v) is 12.3. The number of allylic oxidation sites excluding steroid dienone is 4. The summed E-state index contributed by atoms with van der Waals surface area (Å²) in [4.78, 5) is 27.3. The highest BCUT2D eigenvalue weighted by Crippen LogP contribution is 2.66. The maximum atomic E-state index is 7.01. The minimum Gasteiger partial charge on any atom is -0.460 e. The predicted molar refractivity (Wildman–Crippen MR) is 211 cm³/mol. The number of nitrogens with zero attached hydrogens (tertiary/aromatic N) is 3. The molecule has 254 valence electrons. The van der Waals surface area contributed by atoms with Gasteiger partial charge in [-0.15, -0.1) is 22.7 Å². The number of imidazole rings is 1. The van der Waals surface area contributed by atoms with E-state index in [0.717, 1.165) is 82.4 Å². The number of H-pyrrole nitrogens is 3. The molecule has 7 heterocycles. The first-order valence-electron chi connectivity index (χ1n) is 17.3. The highest BCUT2D eigenvalue weighted by atomic mass is 32.1. The van der Waals surface area contributed by atoms with Crippen LogP contribution in [-0.4, -0.2) is 29.9 Å². The lowest BCUT2D eigenvalue weighted by atomic mass is 9.58. The Bertz CT molecular complexity index is 2860. The zero-order chi connectivity index (χ0) is 34.9. The van der Waals surface area contributed by atoms with Gasteiger partial charge in [0, 0.05) is 89.7 Å². The van der Waals surface area contributed by atoms with E-state index in [-0.39, 0.29) is 0 Å². The zero-order valence-corrected chi connectivity index (χ0v) is 29.5. The highest BCUT2D eigenvalue weighted by molar-refractivity contribution is 7.19. The molecular weight excluding hydrogens is 697 g/mol. The minimum absolute atomic E-state index is 0.490. The van der Waals surface area contributed by atoms with Gasteiger partial charge in [-0.2, -0.15) is 0 Å². The molecule has 10 heteroatoms. The van der Waals surface area contributed by atoms with Gasteiger partial charge in [0.15, 0.2) is 0 Å². The number of para-hydroxylation sites is 2. The Labute approximate surface area is 310 Å². The summed E-state index contributed by atoms with van der Waals surface area (Å²) in [5, 5.41) is 6.15. The number of hydrogen-bond acceptors (Lipinski definition) is 7. The number of fused-ring (bicyclic) bond motifs is 3. The van der Waals surface area contributed by atoms with E-state index in [4.69, 9.17) is 23.8 Å². The number of thiazole rings is 1. The van der Waals surface area contributed by atoms with E-state index < -0.39 is 11.3 Å². The summed E-state index contributed by atoms with van der Waals surface area (Å²) >= 11 is 3.37. The van der Waals surface area contributed by atoms with Crippen molar-refractivity contribution in [3.63, 3.8) is 0 Å². The van der Waals surface area contributed by atoms with Crippen molar-refractivity contribution in [2.75, 3.05) is 0 Å². The van der Waals surface area contributed by atoms with E-state index in [1.54, 1.807) is 35.1 Å². The predicted octanol–water partition coefficient (Wildman–Crippen LogP) is 10.9. The van der Waals surface area contributed by atoms with Gasteiger partial charge in [-0.1, -0.05) is 54.6 Å². The van der Waals surface area contributed by atoms with E-state index >= 15 is 0 Å². The molecule has 0 saturated carbocycles. The van der Waals surface area contributed by atoms with Crippen LogP contribution in [0.15, 0.2) is 155 Å². The summed E-state index contributed by atoms with van der Waals surface area (Å²) in [7, 11) is 0. The Morgan fingerprint density at radius 1 is 0.698 bits per heavy atom. The molecule has 0 bridgehead atoms. The Balaban J connectivity index is 1.41. The maximum Gasteiger partial charge on any atom is 0.223 e. The lowest BCUT2D eigenvalue weighted by Gasteiger charge is -2.45. The van der Waals surface area contributed by atoms with Gasteiger partial charge in [-0.3, -0.25) is 0 Å². The number of nitrogens with one attached hydrogen (secondary N) is 3. The first-order valence-corrected chi connectivity index (χ1v) is 19.0. The molecule has 2 unspecified atom stereocenters. The number of aromatic amines is 3. The summed E-state index contributed by atoms with van der Waals surface area (Å²) < 4.78 is 14.6. The molecule has 0 radical (unpaired) electrons. The van der Waals surface area contributed by atoms with Crippen LogP contribution in [0.4, 0.5) is 0 Å². The third kappa shape index (κ3) is 4.49. The first kappa shape index (κ1) is 30.2. The molecule has 1 aliphatic carbocycles. The van der Waals surface area contributed by atoms with Crippen molar-refractivity contribution in [3.8, 4) is 0 Å². The normalized spacial score (nSPS) is 17.9. The van der Waals surface area contributed by atoms with Crippen molar-refractivity contribution >= 4 is 76.9 Å². The molecular formula is C43H28N6O2S2. The van der Waals surface area contributed by atoms with Crippen LogP contribution < -0.4 is 0 Å². The van der Waals surface area contributed by atoms with Crippen LogP contribution in [0.1, 0.15) is 44.7 Å². The van der Waals surface area contributed by atoms with Gasteiger partial charge < -0.3 is 23.8 Å². The Kier molecular flexibility index (Phi) is 6.70. The molecule has 8 nitrogen and oxygen atoms in total.